The Morgan fingerprint density at radius 2 is 2.21 bits per heavy atom. The molecule has 0 saturated carbocycles. The van der Waals surface area contributed by atoms with Gasteiger partial charge in [0.15, 0.2) is 5.96 Å². The molecule has 2 N–H and O–H groups in total. The van der Waals surface area contributed by atoms with E-state index in [1.807, 2.05) is 6.92 Å². The summed E-state index contributed by atoms with van der Waals surface area (Å²) >= 11 is 3.32. The lowest BCUT2D eigenvalue weighted by Crippen LogP contribution is -2.38. The number of halogens is 2. The van der Waals surface area contributed by atoms with Crippen LogP contribution in [0.4, 0.5) is 4.39 Å². The number of ether oxygens (including phenoxy) is 1. The van der Waals surface area contributed by atoms with E-state index in [0.717, 1.165) is 4.47 Å². The third-order valence-electron chi connectivity index (χ3n) is 2.42. The molecule has 0 spiro atoms. The Labute approximate surface area is 121 Å². The molecule has 0 heterocycles. The Kier molecular flexibility index (Phi) is 7.43. The van der Waals surface area contributed by atoms with Gasteiger partial charge in [0, 0.05) is 36.8 Å². The van der Waals surface area contributed by atoms with Crippen LogP contribution in [-0.4, -0.2) is 32.8 Å². The van der Waals surface area contributed by atoms with Gasteiger partial charge in [-0.1, -0.05) is 15.9 Å². The number of hydrogen-bond donors (Lipinski definition) is 2. The highest BCUT2D eigenvalue weighted by atomic mass is 79.9. The van der Waals surface area contributed by atoms with Gasteiger partial charge in [-0.05, 0) is 25.1 Å². The third-order valence-corrected chi connectivity index (χ3v) is 2.91. The first kappa shape index (κ1) is 15.9. The molecule has 0 saturated heterocycles. The SMILES string of the molecule is CCOCCNC(=NC)NCc1cc(Br)ccc1F. The van der Waals surface area contributed by atoms with Crippen LogP contribution in [0.15, 0.2) is 27.7 Å². The second-order valence-electron chi connectivity index (χ2n) is 3.79. The number of guanidine groups is 1. The van der Waals surface area contributed by atoms with Gasteiger partial charge >= 0.3 is 0 Å². The van der Waals surface area contributed by atoms with Crippen molar-refractivity contribution in [1.82, 2.24) is 10.6 Å². The minimum Gasteiger partial charge on any atom is -0.380 e. The molecule has 0 aliphatic heterocycles. The molecule has 0 unspecified atom stereocenters. The fourth-order valence-corrected chi connectivity index (χ4v) is 1.87. The Morgan fingerprint density at radius 1 is 1.42 bits per heavy atom. The van der Waals surface area contributed by atoms with Crippen LogP contribution >= 0.6 is 15.9 Å². The standard InChI is InChI=1S/C13H19BrFN3O/c1-3-19-7-6-17-13(16-2)18-9-10-8-11(14)4-5-12(10)15/h4-5,8H,3,6-7,9H2,1-2H3,(H2,16,17,18). The fraction of sp³-hybridized carbons (Fsp3) is 0.462. The van der Waals surface area contributed by atoms with E-state index >= 15 is 0 Å². The Morgan fingerprint density at radius 3 is 2.89 bits per heavy atom. The molecular weight excluding hydrogens is 313 g/mol. The first-order valence-corrected chi connectivity index (χ1v) is 6.92. The highest BCUT2D eigenvalue weighted by Gasteiger charge is 2.04. The summed E-state index contributed by atoms with van der Waals surface area (Å²) in [7, 11) is 1.67. The summed E-state index contributed by atoms with van der Waals surface area (Å²) in [4.78, 5) is 4.06. The molecule has 6 heteroatoms. The summed E-state index contributed by atoms with van der Waals surface area (Å²) in [5, 5.41) is 6.14. The van der Waals surface area contributed by atoms with E-state index in [1.54, 1.807) is 19.2 Å². The number of nitrogens with one attached hydrogen (secondary N) is 2. The first-order chi connectivity index (χ1) is 9.17. The van der Waals surface area contributed by atoms with Crippen LogP contribution in [0.2, 0.25) is 0 Å². The van der Waals surface area contributed by atoms with Gasteiger partial charge in [0.1, 0.15) is 5.82 Å². The molecule has 1 aromatic carbocycles. The molecule has 0 amide bonds. The van der Waals surface area contributed by atoms with Crippen molar-refractivity contribution in [3.63, 3.8) is 0 Å². The van der Waals surface area contributed by atoms with Gasteiger partial charge in [-0.15, -0.1) is 0 Å². The van der Waals surface area contributed by atoms with E-state index in [4.69, 9.17) is 4.74 Å². The molecule has 19 heavy (non-hydrogen) atoms. The lowest BCUT2D eigenvalue weighted by Gasteiger charge is -2.12. The van der Waals surface area contributed by atoms with Gasteiger partial charge in [0.2, 0.25) is 0 Å². The highest BCUT2D eigenvalue weighted by Crippen LogP contribution is 2.15. The zero-order valence-corrected chi connectivity index (χ0v) is 12.8. The molecule has 0 radical (unpaired) electrons. The molecule has 0 bridgehead atoms. The molecule has 0 aromatic heterocycles. The van der Waals surface area contributed by atoms with Crippen LogP contribution in [0, 0.1) is 5.82 Å². The number of rotatable bonds is 6. The molecule has 0 atom stereocenters. The van der Waals surface area contributed by atoms with Gasteiger partial charge in [-0.2, -0.15) is 0 Å². The van der Waals surface area contributed by atoms with Crippen molar-refractivity contribution in [2.45, 2.75) is 13.5 Å². The lowest BCUT2D eigenvalue weighted by molar-refractivity contribution is 0.152. The number of benzene rings is 1. The Bertz CT molecular complexity index is 426. The number of aliphatic imine (C=N–C) groups is 1. The zero-order chi connectivity index (χ0) is 14.1. The van der Waals surface area contributed by atoms with Gasteiger partial charge in [-0.3, -0.25) is 4.99 Å². The van der Waals surface area contributed by atoms with Crippen molar-refractivity contribution in [2.24, 2.45) is 4.99 Å². The summed E-state index contributed by atoms with van der Waals surface area (Å²) in [6, 6.07) is 4.86. The molecular formula is C13H19BrFN3O. The topological polar surface area (TPSA) is 45.6 Å². The Hall–Kier alpha value is -1.14. The highest BCUT2D eigenvalue weighted by molar-refractivity contribution is 9.10. The van der Waals surface area contributed by atoms with Crippen LogP contribution in [0.3, 0.4) is 0 Å². The van der Waals surface area contributed by atoms with Crippen molar-refractivity contribution in [3.8, 4) is 0 Å². The normalized spacial score (nSPS) is 11.5. The average molecular weight is 332 g/mol. The lowest BCUT2D eigenvalue weighted by atomic mass is 10.2. The molecule has 1 rings (SSSR count). The minimum absolute atomic E-state index is 0.236. The van der Waals surface area contributed by atoms with E-state index < -0.39 is 0 Å². The minimum atomic E-state index is -0.236. The second kappa shape index (κ2) is 8.87. The molecule has 0 fully saturated rings. The quantitative estimate of drug-likeness (QED) is 0.477. The van der Waals surface area contributed by atoms with Crippen LogP contribution in [-0.2, 0) is 11.3 Å². The van der Waals surface area contributed by atoms with Gasteiger partial charge in [-0.25, -0.2) is 4.39 Å². The second-order valence-corrected chi connectivity index (χ2v) is 4.70. The largest absolute Gasteiger partial charge is 0.380 e. The van der Waals surface area contributed by atoms with Crippen LogP contribution in [0.25, 0.3) is 0 Å². The molecule has 4 nitrogen and oxygen atoms in total. The molecule has 1 aromatic rings. The maximum absolute atomic E-state index is 13.5. The zero-order valence-electron chi connectivity index (χ0n) is 11.2. The number of hydrogen-bond acceptors (Lipinski definition) is 2. The summed E-state index contributed by atoms with van der Waals surface area (Å²) in [5.41, 5.74) is 0.585. The first-order valence-electron chi connectivity index (χ1n) is 6.13. The van der Waals surface area contributed by atoms with Crippen LogP contribution in [0.5, 0.6) is 0 Å². The maximum Gasteiger partial charge on any atom is 0.191 e. The van der Waals surface area contributed by atoms with Crippen molar-refractivity contribution >= 4 is 21.9 Å². The van der Waals surface area contributed by atoms with Gasteiger partial charge in [0.25, 0.3) is 0 Å². The van der Waals surface area contributed by atoms with Gasteiger partial charge < -0.3 is 15.4 Å². The van der Waals surface area contributed by atoms with Crippen molar-refractivity contribution in [2.75, 3.05) is 26.8 Å². The van der Waals surface area contributed by atoms with E-state index in [9.17, 15) is 4.39 Å². The average Bonchev–Trinajstić information content (AvgIpc) is 2.41. The smallest absolute Gasteiger partial charge is 0.191 e. The van der Waals surface area contributed by atoms with E-state index in [2.05, 4.69) is 31.6 Å². The van der Waals surface area contributed by atoms with Crippen molar-refractivity contribution in [1.29, 1.82) is 0 Å². The van der Waals surface area contributed by atoms with E-state index in [-0.39, 0.29) is 5.82 Å². The van der Waals surface area contributed by atoms with Gasteiger partial charge in [0.05, 0.1) is 6.61 Å². The molecule has 0 aliphatic rings. The van der Waals surface area contributed by atoms with Crippen molar-refractivity contribution in [3.05, 3.63) is 34.1 Å². The third kappa shape index (κ3) is 6.02. The molecule has 0 aliphatic carbocycles. The summed E-state index contributed by atoms with van der Waals surface area (Å²) in [6.45, 7) is 4.29. The fourth-order valence-electron chi connectivity index (χ4n) is 1.46. The number of nitrogens with zero attached hydrogens (tertiary/aromatic N) is 1. The maximum atomic E-state index is 13.5. The van der Waals surface area contributed by atoms with Crippen molar-refractivity contribution < 1.29 is 9.13 Å². The van der Waals surface area contributed by atoms with E-state index in [1.165, 1.54) is 6.07 Å². The predicted octanol–water partition coefficient (Wildman–Crippen LogP) is 2.29. The summed E-state index contributed by atoms with van der Waals surface area (Å²) < 4.78 is 19.6. The summed E-state index contributed by atoms with van der Waals surface area (Å²) in [5.74, 6) is 0.388. The molecule has 106 valence electrons. The predicted molar refractivity (Wildman–Crippen MR) is 78.8 cm³/mol. The van der Waals surface area contributed by atoms with E-state index in [0.29, 0.717) is 37.8 Å². The van der Waals surface area contributed by atoms with Crippen LogP contribution in [0.1, 0.15) is 12.5 Å². The van der Waals surface area contributed by atoms with Crippen LogP contribution < -0.4 is 10.6 Å². The summed E-state index contributed by atoms with van der Waals surface area (Å²) in [6.07, 6.45) is 0. The Balaban J connectivity index is 2.42. The monoisotopic (exact) mass is 331 g/mol.